The van der Waals surface area contributed by atoms with Gasteiger partial charge in [0.25, 0.3) is 0 Å². The van der Waals surface area contributed by atoms with Crippen LogP contribution in [0.5, 0.6) is 0 Å². The highest BCUT2D eigenvalue weighted by molar-refractivity contribution is 5.93. The number of ether oxygens (including phenoxy) is 1. The topological polar surface area (TPSA) is 70.4 Å². The molecule has 0 N–H and O–H groups in total. The van der Waals surface area contributed by atoms with Gasteiger partial charge in [0.15, 0.2) is 11.8 Å². The molecule has 0 spiro atoms. The van der Waals surface area contributed by atoms with E-state index < -0.39 is 23.2 Å². The van der Waals surface area contributed by atoms with E-state index in [9.17, 15) is 9.59 Å². The summed E-state index contributed by atoms with van der Waals surface area (Å²) < 4.78 is 5.42. The van der Waals surface area contributed by atoms with E-state index >= 15 is 0 Å². The Labute approximate surface area is 126 Å². The molecule has 0 bridgehead atoms. The Morgan fingerprint density at radius 1 is 1.43 bits per heavy atom. The van der Waals surface area contributed by atoms with Gasteiger partial charge in [-0.15, -0.1) is 0 Å². The summed E-state index contributed by atoms with van der Waals surface area (Å²) in [6.45, 7) is 6.94. The second-order valence-corrected chi connectivity index (χ2v) is 6.51. The maximum atomic E-state index is 12.8. The first-order valence-electron chi connectivity index (χ1n) is 6.85. The Morgan fingerprint density at radius 2 is 2.00 bits per heavy atom. The van der Waals surface area contributed by atoms with E-state index in [4.69, 9.17) is 10.00 Å². The van der Waals surface area contributed by atoms with Gasteiger partial charge in [-0.2, -0.15) is 5.26 Å². The van der Waals surface area contributed by atoms with Gasteiger partial charge >= 0.3 is 5.97 Å². The Hall–Kier alpha value is -1.57. The number of nitriles is 1. The van der Waals surface area contributed by atoms with Crippen molar-refractivity contribution in [1.82, 2.24) is 4.90 Å². The van der Waals surface area contributed by atoms with Gasteiger partial charge in [-0.05, 0) is 32.6 Å². The molecule has 0 aromatic carbocycles. The van der Waals surface area contributed by atoms with E-state index in [2.05, 4.69) is 0 Å². The number of amides is 1. The summed E-state index contributed by atoms with van der Waals surface area (Å²) in [5, 5.41) is 9.03. The van der Waals surface area contributed by atoms with Gasteiger partial charge in [0.2, 0.25) is 5.91 Å². The van der Waals surface area contributed by atoms with Crippen molar-refractivity contribution in [2.24, 2.45) is 5.41 Å². The zero-order chi connectivity index (χ0) is 15.8. The van der Waals surface area contributed by atoms with Gasteiger partial charge in [0, 0.05) is 11.3 Å². The zero-order valence-corrected chi connectivity index (χ0v) is 12.7. The number of carbonyl (C=O) groups excluding carboxylic acids is 2. The molecule has 2 aliphatic rings. The minimum Gasteiger partial charge on any atom is -0.439 e. The molecule has 5 radical (unpaired) electrons. The summed E-state index contributed by atoms with van der Waals surface area (Å²) in [7, 11) is 0. The lowest BCUT2D eigenvalue weighted by molar-refractivity contribution is -0.148. The molecule has 1 saturated carbocycles. The molecule has 5 nitrogen and oxygen atoms in total. The monoisotopic (exact) mass is 287 g/mol. The smallest absolute Gasteiger partial charge is 0.334 e. The van der Waals surface area contributed by atoms with Gasteiger partial charge in [-0.3, -0.25) is 9.69 Å². The van der Waals surface area contributed by atoms with Crippen LogP contribution in [0, 0.1) is 48.3 Å². The summed E-state index contributed by atoms with van der Waals surface area (Å²) in [6.07, 6.45) is 6.40. The SMILES string of the molecule is CC(C)(C)C(=O)N1[C@H]([C]2[CH][CH][CH][CH]2)OC(=O)[C@@]1(C)CC#N. The normalized spacial score (nSPS) is 30.3. The third-order valence-electron chi connectivity index (χ3n) is 3.68. The lowest BCUT2D eigenvalue weighted by Gasteiger charge is -2.37. The predicted molar refractivity (Wildman–Crippen MR) is 75.3 cm³/mol. The van der Waals surface area contributed by atoms with Crippen molar-refractivity contribution in [3.63, 3.8) is 0 Å². The van der Waals surface area contributed by atoms with Gasteiger partial charge in [0.1, 0.15) is 0 Å². The van der Waals surface area contributed by atoms with E-state index in [0.29, 0.717) is 0 Å². The number of hydrogen-bond acceptors (Lipinski definition) is 4. The van der Waals surface area contributed by atoms with Crippen LogP contribution in [0.3, 0.4) is 0 Å². The number of esters is 1. The zero-order valence-electron chi connectivity index (χ0n) is 12.7. The molecule has 0 aromatic heterocycles. The van der Waals surface area contributed by atoms with Crippen LogP contribution in [0.4, 0.5) is 0 Å². The van der Waals surface area contributed by atoms with Gasteiger partial charge in [-0.1, -0.05) is 20.8 Å². The molecule has 2 atom stereocenters. The van der Waals surface area contributed by atoms with Gasteiger partial charge < -0.3 is 4.74 Å². The van der Waals surface area contributed by atoms with Crippen LogP contribution in [0.15, 0.2) is 0 Å². The molecule has 1 aliphatic carbocycles. The molecule has 2 fully saturated rings. The predicted octanol–water partition coefficient (Wildman–Crippen LogP) is 1.82. The van der Waals surface area contributed by atoms with Crippen molar-refractivity contribution in [1.29, 1.82) is 5.26 Å². The summed E-state index contributed by atoms with van der Waals surface area (Å²) in [5.74, 6) is -0.00670. The fourth-order valence-corrected chi connectivity index (χ4v) is 2.41. The van der Waals surface area contributed by atoms with Gasteiger partial charge in [0.05, 0.1) is 12.5 Å². The van der Waals surface area contributed by atoms with E-state index in [1.165, 1.54) is 4.90 Å². The molecule has 2 rings (SSSR count). The molecule has 21 heavy (non-hydrogen) atoms. The highest BCUT2D eigenvalue weighted by atomic mass is 16.6. The number of cyclic esters (lactones) is 1. The quantitative estimate of drug-likeness (QED) is 0.726. The summed E-state index contributed by atoms with van der Waals surface area (Å²) in [5.41, 5.74) is -1.92. The van der Waals surface area contributed by atoms with Crippen LogP contribution in [0.25, 0.3) is 0 Å². The van der Waals surface area contributed by atoms with E-state index in [-0.39, 0.29) is 12.3 Å². The summed E-state index contributed by atoms with van der Waals surface area (Å²) in [6, 6.07) is 1.99. The van der Waals surface area contributed by atoms with Crippen molar-refractivity contribution >= 4 is 11.9 Å². The third kappa shape index (κ3) is 2.64. The van der Waals surface area contributed by atoms with Crippen molar-refractivity contribution in [2.45, 2.75) is 45.9 Å². The average molecular weight is 287 g/mol. The van der Waals surface area contributed by atoms with Crippen LogP contribution in [-0.4, -0.2) is 28.5 Å². The first-order chi connectivity index (χ1) is 9.71. The molecule has 1 saturated heterocycles. The standard InChI is InChI=1S/C16H19N2O3/c1-15(2,3)13(19)18-12(11-7-5-6-8-11)21-14(20)16(18,4)9-10-17/h5-8,12H,9H2,1-4H3/t12-,16+/m0/s1. The molecular formula is C16H19N2O3. The van der Waals surface area contributed by atoms with E-state index in [1.54, 1.807) is 40.5 Å². The second-order valence-electron chi connectivity index (χ2n) is 6.51. The highest BCUT2D eigenvalue weighted by Gasteiger charge is 2.58. The van der Waals surface area contributed by atoms with Crippen molar-refractivity contribution in [3.05, 3.63) is 31.6 Å². The number of nitrogens with zero attached hydrogens (tertiary/aromatic N) is 2. The minimum absolute atomic E-state index is 0.0924. The summed E-state index contributed by atoms with van der Waals surface area (Å²) >= 11 is 0. The van der Waals surface area contributed by atoms with Crippen molar-refractivity contribution in [2.75, 3.05) is 0 Å². The Morgan fingerprint density at radius 3 is 2.48 bits per heavy atom. The first kappa shape index (κ1) is 15.8. The lowest BCUT2D eigenvalue weighted by Crippen LogP contribution is -2.55. The van der Waals surface area contributed by atoms with Gasteiger partial charge in [-0.25, -0.2) is 4.79 Å². The number of hydrogen-bond donors (Lipinski definition) is 0. The molecule has 1 aliphatic heterocycles. The fourth-order valence-electron chi connectivity index (χ4n) is 2.41. The molecule has 1 amide bonds. The molecular weight excluding hydrogens is 268 g/mol. The maximum absolute atomic E-state index is 12.8. The maximum Gasteiger partial charge on any atom is 0.334 e. The Balaban J connectivity index is 2.40. The lowest BCUT2D eigenvalue weighted by atomic mass is 9.88. The number of rotatable bonds is 2. The van der Waals surface area contributed by atoms with Crippen molar-refractivity contribution < 1.29 is 14.3 Å². The fraction of sp³-hybridized carbons (Fsp3) is 0.500. The molecule has 0 aromatic rings. The van der Waals surface area contributed by atoms with Crippen LogP contribution < -0.4 is 0 Å². The third-order valence-corrected chi connectivity index (χ3v) is 3.68. The molecule has 0 unspecified atom stereocenters. The average Bonchev–Trinajstić information content (AvgIpc) is 2.96. The Kier molecular flexibility index (Phi) is 4.01. The highest BCUT2D eigenvalue weighted by Crippen LogP contribution is 2.42. The summed E-state index contributed by atoms with van der Waals surface area (Å²) in [4.78, 5) is 26.5. The van der Waals surface area contributed by atoms with Crippen LogP contribution in [0.2, 0.25) is 0 Å². The molecule has 1 heterocycles. The second kappa shape index (κ2) is 5.32. The van der Waals surface area contributed by atoms with Crippen LogP contribution >= 0.6 is 0 Å². The number of carbonyl (C=O) groups is 2. The van der Waals surface area contributed by atoms with E-state index in [1.807, 2.05) is 18.9 Å². The minimum atomic E-state index is -1.25. The van der Waals surface area contributed by atoms with E-state index in [0.717, 1.165) is 5.92 Å². The van der Waals surface area contributed by atoms with Crippen LogP contribution in [0.1, 0.15) is 34.1 Å². The largest absolute Gasteiger partial charge is 0.439 e. The first-order valence-corrected chi connectivity index (χ1v) is 6.85. The van der Waals surface area contributed by atoms with Crippen LogP contribution in [-0.2, 0) is 14.3 Å². The Bertz CT molecular complexity index is 483. The van der Waals surface area contributed by atoms with Crippen molar-refractivity contribution in [3.8, 4) is 6.07 Å². The molecule has 5 heteroatoms. The molecule has 111 valence electrons.